The van der Waals surface area contributed by atoms with E-state index in [4.69, 9.17) is 10.00 Å². The van der Waals surface area contributed by atoms with E-state index in [-0.39, 0.29) is 9.90 Å². The second-order valence-electron chi connectivity index (χ2n) is 5.86. The van der Waals surface area contributed by atoms with Gasteiger partial charge in [-0.2, -0.15) is 5.26 Å². The van der Waals surface area contributed by atoms with Crippen LogP contribution < -0.4 is 14.4 Å². The number of nitrogens with one attached hydrogen (secondary N) is 1. The van der Waals surface area contributed by atoms with Crippen LogP contribution in [0.5, 0.6) is 5.75 Å². The summed E-state index contributed by atoms with van der Waals surface area (Å²) in [5, 5.41) is 13.3. The Bertz CT molecular complexity index is 1150. The number of amides is 1. The monoisotopic (exact) mass is 427 g/mol. The van der Waals surface area contributed by atoms with Crippen LogP contribution in [0.4, 0.5) is 11.4 Å². The molecule has 29 heavy (non-hydrogen) atoms. The molecule has 0 aliphatic carbocycles. The van der Waals surface area contributed by atoms with E-state index in [1.165, 1.54) is 19.2 Å². The Labute approximate surface area is 172 Å². The number of anilines is 2. The topological polar surface area (TPSA) is 99.5 Å². The first-order valence-corrected chi connectivity index (χ1v) is 10.8. The minimum absolute atomic E-state index is 0.114. The zero-order valence-electron chi connectivity index (χ0n) is 15.4. The molecule has 7 nitrogen and oxygen atoms in total. The quantitative estimate of drug-likeness (QED) is 0.622. The van der Waals surface area contributed by atoms with E-state index in [0.717, 1.165) is 15.6 Å². The van der Waals surface area contributed by atoms with Gasteiger partial charge < -0.3 is 10.1 Å². The highest BCUT2D eigenvalue weighted by molar-refractivity contribution is 7.94. The summed E-state index contributed by atoms with van der Waals surface area (Å²) in [5.74, 6) is -0.224. The fourth-order valence-electron chi connectivity index (χ4n) is 2.65. The fourth-order valence-corrected chi connectivity index (χ4v) is 5.19. The molecule has 2 aromatic carbocycles. The Morgan fingerprint density at radius 3 is 2.66 bits per heavy atom. The molecule has 1 aromatic heterocycles. The highest BCUT2D eigenvalue weighted by atomic mass is 32.2. The zero-order valence-corrected chi connectivity index (χ0v) is 17.0. The van der Waals surface area contributed by atoms with Gasteiger partial charge in [-0.05, 0) is 41.8 Å². The van der Waals surface area contributed by atoms with Gasteiger partial charge in [-0.25, -0.2) is 8.42 Å². The second-order valence-corrected chi connectivity index (χ2v) is 8.89. The lowest BCUT2D eigenvalue weighted by atomic mass is 10.2. The first kappa shape index (κ1) is 20.4. The van der Waals surface area contributed by atoms with E-state index in [1.807, 2.05) is 6.07 Å². The van der Waals surface area contributed by atoms with Crippen molar-refractivity contribution in [1.29, 1.82) is 5.26 Å². The van der Waals surface area contributed by atoms with Gasteiger partial charge in [0.25, 0.3) is 10.0 Å². The van der Waals surface area contributed by atoms with Crippen LogP contribution in [0.25, 0.3) is 0 Å². The van der Waals surface area contributed by atoms with Gasteiger partial charge >= 0.3 is 0 Å². The van der Waals surface area contributed by atoms with Crippen molar-refractivity contribution in [2.45, 2.75) is 4.21 Å². The van der Waals surface area contributed by atoms with Gasteiger partial charge in [-0.1, -0.05) is 24.3 Å². The number of carbonyl (C=O) groups is 1. The number of para-hydroxylation sites is 2. The molecule has 0 atom stereocenters. The number of thiophene rings is 1. The maximum Gasteiger partial charge on any atom is 0.274 e. The molecule has 0 saturated carbocycles. The number of sulfonamides is 1. The number of hydrogen-bond acceptors (Lipinski definition) is 6. The predicted molar refractivity (Wildman–Crippen MR) is 112 cm³/mol. The highest BCUT2D eigenvalue weighted by Crippen LogP contribution is 2.33. The summed E-state index contributed by atoms with van der Waals surface area (Å²) < 4.78 is 32.8. The minimum atomic E-state index is -3.98. The van der Waals surface area contributed by atoms with Crippen molar-refractivity contribution in [2.75, 3.05) is 23.3 Å². The second kappa shape index (κ2) is 8.77. The molecule has 0 bridgehead atoms. The lowest BCUT2D eigenvalue weighted by Crippen LogP contribution is -2.38. The third kappa shape index (κ3) is 4.56. The number of carbonyl (C=O) groups excluding carboxylic acids is 1. The molecule has 0 aliphatic rings. The molecule has 0 spiro atoms. The molecule has 9 heteroatoms. The van der Waals surface area contributed by atoms with E-state index < -0.39 is 22.5 Å². The van der Waals surface area contributed by atoms with Crippen LogP contribution in [0.3, 0.4) is 0 Å². The molecule has 1 N–H and O–H groups in total. The van der Waals surface area contributed by atoms with Crippen LogP contribution in [0.15, 0.2) is 70.3 Å². The molecule has 1 amide bonds. The van der Waals surface area contributed by atoms with Gasteiger partial charge in [0.05, 0.1) is 24.4 Å². The Morgan fingerprint density at radius 2 is 1.97 bits per heavy atom. The van der Waals surface area contributed by atoms with Crippen molar-refractivity contribution in [3.8, 4) is 11.8 Å². The predicted octanol–water partition coefficient (Wildman–Crippen LogP) is 3.46. The maximum absolute atomic E-state index is 13.2. The largest absolute Gasteiger partial charge is 0.495 e. The van der Waals surface area contributed by atoms with E-state index in [0.29, 0.717) is 17.0 Å². The third-order valence-corrected chi connectivity index (χ3v) is 7.09. The van der Waals surface area contributed by atoms with Crippen molar-refractivity contribution in [2.24, 2.45) is 0 Å². The number of nitrogens with zero attached hydrogens (tertiary/aromatic N) is 2. The summed E-state index contributed by atoms with van der Waals surface area (Å²) in [5.41, 5.74) is 1.04. The van der Waals surface area contributed by atoms with E-state index in [2.05, 4.69) is 5.32 Å². The Hall–Kier alpha value is -3.35. The Kier molecular flexibility index (Phi) is 6.16. The van der Waals surface area contributed by atoms with Gasteiger partial charge in [0, 0.05) is 5.69 Å². The number of ether oxygens (including phenoxy) is 1. The standard InChI is InChI=1S/C20H17N3O4S2/c1-27-18-9-3-2-8-17(18)23(29(25,26)20-10-5-11-28-20)14-19(24)22-16-7-4-6-15(12-16)13-21/h2-12H,14H2,1H3,(H,22,24). The summed E-state index contributed by atoms with van der Waals surface area (Å²) in [6, 6.07) is 18.1. The fraction of sp³-hybridized carbons (Fsp3) is 0.100. The van der Waals surface area contributed by atoms with Gasteiger partial charge in [-0.3, -0.25) is 9.10 Å². The van der Waals surface area contributed by atoms with Gasteiger partial charge in [0.15, 0.2) is 0 Å². The molecule has 0 unspecified atom stereocenters. The molecular formula is C20H17N3O4S2. The first-order valence-electron chi connectivity index (χ1n) is 8.45. The van der Waals surface area contributed by atoms with Crippen molar-refractivity contribution in [1.82, 2.24) is 0 Å². The van der Waals surface area contributed by atoms with Crippen molar-refractivity contribution in [3.05, 3.63) is 71.6 Å². The summed E-state index contributed by atoms with van der Waals surface area (Å²) in [6.07, 6.45) is 0. The zero-order chi connectivity index (χ0) is 20.9. The summed E-state index contributed by atoms with van der Waals surface area (Å²) in [6.45, 7) is -0.461. The van der Waals surface area contributed by atoms with Crippen LogP contribution in [0.2, 0.25) is 0 Å². The lowest BCUT2D eigenvalue weighted by molar-refractivity contribution is -0.114. The van der Waals surface area contributed by atoms with Crippen LogP contribution in [-0.4, -0.2) is 28.0 Å². The molecule has 0 aliphatic heterocycles. The molecule has 3 aromatic rings. The maximum atomic E-state index is 13.2. The number of benzene rings is 2. The number of rotatable bonds is 7. The normalized spacial score (nSPS) is 10.8. The molecule has 0 radical (unpaired) electrons. The van der Waals surface area contributed by atoms with Crippen molar-refractivity contribution >= 4 is 38.6 Å². The van der Waals surface area contributed by atoms with Gasteiger partial charge in [0.1, 0.15) is 16.5 Å². The third-order valence-electron chi connectivity index (χ3n) is 3.96. The Morgan fingerprint density at radius 1 is 1.17 bits per heavy atom. The van der Waals surface area contributed by atoms with Crippen molar-refractivity contribution < 1.29 is 17.9 Å². The van der Waals surface area contributed by atoms with Crippen molar-refractivity contribution in [3.63, 3.8) is 0 Å². The van der Waals surface area contributed by atoms with Gasteiger partial charge in [-0.15, -0.1) is 11.3 Å². The SMILES string of the molecule is COc1ccccc1N(CC(=O)Nc1cccc(C#N)c1)S(=O)(=O)c1cccs1. The summed E-state index contributed by atoms with van der Waals surface area (Å²) in [7, 11) is -2.55. The average molecular weight is 428 g/mol. The van der Waals surface area contributed by atoms with Gasteiger partial charge in [0.2, 0.25) is 5.91 Å². The Balaban J connectivity index is 1.95. The number of hydrogen-bond donors (Lipinski definition) is 1. The smallest absolute Gasteiger partial charge is 0.274 e. The van der Waals surface area contributed by atoms with E-state index in [1.54, 1.807) is 53.9 Å². The molecule has 0 saturated heterocycles. The van der Waals surface area contributed by atoms with E-state index >= 15 is 0 Å². The van der Waals surface area contributed by atoms with E-state index in [9.17, 15) is 13.2 Å². The number of nitriles is 1. The van der Waals surface area contributed by atoms with Crippen LogP contribution in [-0.2, 0) is 14.8 Å². The van der Waals surface area contributed by atoms with Crippen LogP contribution in [0, 0.1) is 11.3 Å². The summed E-state index contributed by atoms with van der Waals surface area (Å²) >= 11 is 1.06. The van der Waals surface area contributed by atoms with Crippen LogP contribution >= 0.6 is 11.3 Å². The molecule has 1 heterocycles. The molecule has 0 fully saturated rings. The van der Waals surface area contributed by atoms with Crippen LogP contribution in [0.1, 0.15) is 5.56 Å². The average Bonchev–Trinajstić information content (AvgIpc) is 3.28. The summed E-state index contributed by atoms with van der Waals surface area (Å²) in [4.78, 5) is 12.7. The highest BCUT2D eigenvalue weighted by Gasteiger charge is 2.30. The lowest BCUT2D eigenvalue weighted by Gasteiger charge is -2.25. The molecular weight excluding hydrogens is 410 g/mol. The number of methoxy groups -OCH3 is 1. The molecule has 148 valence electrons. The minimum Gasteiger partial charge on any atom is -0.495 e. The first-order chi connectivity index (χ1) is 14.0. The molecule has 3 rings (SSSR count).